The Morgan fingerprint density at radius 3 is 2.92 bits per heavy atom. The van der Waals surface area contributed by atoms with Crippen LogP contribution in [0.3, 0.4) is 0 Å². The number of carbonyl (C=O) groups is 2. The van der Waals surface area contributed by atoms with Gasteiger partial charge in [-0.25, -0.2) is 13.5 Å². The molecule has 1 N–H and O–H groups in total. The molecule has 1 atom stereocenters. The summed E-state index contributed by atoms with van der Waals surface area (Å²) >= 11 is 1.22. The van der Waals surface area contributed by atoms with E-state index in [9.17, 15) is 18.4 Å². The molecule has 0 saturated carbocycles. The molecule has 1 amide bonds. The van der Waals surface area contributed by atoms with Gasteiger partial charge in [0, 0.05) is 17.2 Å². The molecule has 2 aromatic rings. The van der Waals surface area contributed by atoms with Crippen LogP contribution < -0.4 is 5.32 Å². The van der Waals surface area contributed by atoms with Gasteiger partial charge in [-0.2, -0.15) is 5.10 Å². The molecule has 0 bridgehead atoms. The third-order valence-corrected chi connectivity index (χ3v) is 5.16. The van der Waals surface area contributed by atoms with E-state index in [1.807, 2.05) is 0 Å². The molecule has 0 unspecified atom stereocenters. The van der Waals surface area contributed by atoms with Gasteiger partial charge in [0.25, 0.3) is 0 Å². The minimum atomic E-state index is -0.694. The van der Waals surface area contributed by atoms with Crippen molar-refractivity contribution < 1.29 is 23.1 Å². The highest BCUT2D eigenvalue weighted by Crippen LogP contribution is 2.44. The van der Waals surface area contributed by atoms with Gasteiger partial charge in [0.1, 0.15) is 24.0 Å². The molecule has 3 rings (SSSR count). The fraction of sp³-hybridized carbons (Fsp3) is 0.353. The van der Waals surface area contributed by atoms with Crippen molar-refractivity contribution in [2.24, 2.45) is 0 Å². The van der Waals surface area contributed by atoms with E-state index in [0.717, 1.165) is 6.07 Å². The van der Waals surface area contributed by atoms with E-state index in [4.69, 9.17) is 4.74 Å². The Kier molecular flexibility index (Phi) is 5.26. The number of carbonyl (C=O) groups excluding carboxylic acids is 2. The molecule has 2 heterocycles. The number of esters is 1. The average molecular weight is 381 g/mol. The van der Waals surface area contributed by atoms with Gasteiger partial charge in [-0.05, 0) is 19.9 Å². The summed E-state index contributed by atoms with van der Waals surface area (Å²) < 4.78 is 33.9. The fourth-order valence-electron chi connectivity index (χ4n) is 2.85. The van der Waals surface area contributed by atoms with Crippen LogP contribution >= 0.6 is 11.8 Å². The molecule has 9 heteroatoms. The molecule has 138 valence electrons. The van der Waals surface area contributed by atoms with E-state index >= 15 is 0 Å². The van der Waals surface area contributed by atoms with Crippen molar-refractivity contribution in [1.82, 2.24) is 9.78 Å². The molecular formula is C17H17F2N3O3S. The van der Waals surface area contributed by atoms with Crippen molar-refractivity contribution in [3.05, 3.63) is 46.7 Å². The first-order chi connectivity index (χ1) is 12.4. The zero-order valence-electron chi connectivity index (χ0n) is 14.2. The van der Waals surface area contributed by atoms with E-state index < -0.39 is 22.9 Å². The summed E-state index contributed by atoms with van der Waals surface area (Å²) in [5.74, 6) is -1.72. The Hall–Kier alpha value is -2.42. The molecule has 1 aromatic heterocycles. The number of amides is 1. The second-order valence-corrected chi connectivity index (χ2v) is 6.81. The highest BCUT2D eigenvalue weighted by atomic mass is 32.2. The molecule has 1 aliphatic rings. The number of halogens is 2. The van der Waals surface area contributed by atoms with Gasteiger partial charge in [0.15, 0.2) is 0 Å². The number of rotatable bonds is 4. The quantitative estimate of drug-likeness (QED) is 0.825. The Morgan fingerprint density at radius 1 is 1.46 bits per heavy atom. The number of hydrogen-bond donors (Lipinski definition) is 1. The number of fused-ring (bicyclic) bond motifs is 1. The summed E-state index contributed by atoms with van der Waals surface area (Å²) in [6.45, 7) is 3.46. The lowest BCUT2D eigenvalue weighted by molar-refractivity contribution is -0.144. The summed E-state index contributed by atoms with van der Waals surface area (Å²) in [4.78, 5) is 23.9. The van der Waals surface area contributed by atoms with Gasteiger partial charge in [-0.1, -0.05) is 6.07 Å². The van der Waals surface area contributed by atoms with Crippen LogP contribution in [-0.4, -0.2) is 34.0 Å². The number of aromatic nitrogens is 2. The predicted molar refractivity (Wildman–Crippen MR) is 92.9 cm³/mol. The first-order valence-corrected chi connectivity index (χ1v) is 9.05. The van der Waals surface area contributed by atoms with Crippen LogP contribution in [0.5, 0.6) is 0 Å². The van der Waals surface area contributed by atoms with E-state index in [2.05, 4.69) is 10.4 Å². The third kappa shape index (κ3) is 3.57. The normalized spacial score (nSPS) is 16.6. The lowest BCUT2D eigenvalue weighted by Gasteiger charge is -2.16. The molecule has 1 aliphatic heterocycles. The lowest BCUT2D eigenvalue weighted by Crippen LogP contribution is -2.20. The zero-order valence-corrected chi connectivity index (χ0v) is 15.0. The van der Waals surface area contributed by atoms with Crippen molar-refractivity contribution in [3.63, 3.8) is 0 Å². The van der Waals surface area contributed by atoms with Gasteiger partial charge >= 0.3 is 5.97 Å². The van der Waals surface area contributed by atoms with Crippen LogP contribution in [0.2, 0.25) is 0 Å². The number of nitrogens with zero attached hydrogens (tertiary/aromatic N) is 2. The Bertz CT molecular complexity index is 869. The van der Waals surface area contributed by atoms with E-state index in [1.54, 1.807) is 13.8 Å². The van der Waals surface area contributed by atoms with E-state index in [1.165, 1.54) is 28.6 Å². The fourth-order valence-corrected chi connectivity index (χ4v) is 4.06. The first-order valence-electron chi connectivity index (χ1n) is 8.00. The van der Waals surface area contributed by atoms with Crippen LogP contribution in [0.4, 0.5) is 14.6 Å². The smallest absolute Gasteiger partial charge is 0.327 e. The van der Waals surface area contributed by atoms with Crippen LogP contribution in [0.25, 0.3) is 0 Å². The minimum absolute atomic E-state index is 0.0923. The van der Waals surface area contributed by atoms with Gasteiger partial charge in [0.2, 0.25) is 5.91 Å². The summed E-state index contributed by atoms with van der Waals surface area (Å²) in [5, 5.41) is 6.48. The van der Waals surface area contributed by atoms with Gasteiger partial charge < -0.3 is 10.1 Å². The standard InChI is InChI=1S/C17H17F2N3O3S/c1-3-25-14(24)7-22-17-15(9(2)21-22)16(26-8-13(23)20-17)11-5-4-10(18)6-12(11)19/h4-6,16H,3,7-8H2,1-2H3,(H,20,23)/t16-/m1/s1. The van der Waals surface area contributed by atoms with E-state index in [-0.39, 0.29) is 30.4 Å². The number of benzene rings is 1. The largest absolute Gasteiger partial charge is 0.465 e. The number of ether oxygens (including phenoxy) is 1. The van der Waals surface area contributed by atoms with Crippen molar-refractivity contribution >= 4 is 29.5 Å². The monoisotopic (exact) mass is 381 g/mol. The SMILES string of the molecule is CCOC(=O)Cn1nc(C)c2c1NC(=O)CS[C@@H]2c1ccc(F)cc1F. The average Bonchev–Trinajstić information content (AvgIpc) is 2.75. The number of thioether (sulfide) groups is 1. The molecule has 26 heavy (non-hydrogen) atoms. The molecule has 0 radical (unpaired) electrons. The van der Waals surface area contributed by atoms with Crippen molar-refractivity contribution in [2.45, 2.75) is 25.6 Å². The van der Waals surface area contributed by atoms with Crippen LogP contribution in [-0.2, 0) is 20.9 Å². The molecule has 6 nitrogen and oxygen atoms in total. The Labute approximate surface area is 152 Å². The Balaban J connectivity index is 2.07. The lowest BCUT2D eigenvalue weighted by atomic mass is 10.0. The summed E-state index contributed by atoms with van der Waals surface area (Å²) in [5.41, 5.74) is 1.40. The summed E-state index contributed by atoms with van der Waals surface area (Å²) in [6.07, 6.45) is 0. The highest BCUT2D eigenvalue weighted by molar-refractivity contribution is 8.00. The molecule has 0 saturated heterocycles. The van der Waals surface area contributed by atoms with Crippen molar-refractivity contribution in [1.29, 1.82) is 0 Å². The molecule has 0 spiro atoms. The number of anilines is 1. The number of nitrogens with one attached hydrogen (secondary N) is 1. The maximum Gasteiger partial charge on any atom is 0.327 e. The Morgan fingerprint density at radius 2 is 2.23 bits per heavy atom. The zero-order chi connectivity index (χ0) is 18.8. The molecular weight excluding hydrogens is 364 g/mol. The van der Waals surface area contributed by atoms with Gasteiger partial charge in [-0.15, -0.1) is 11.8 Å². The van der Waals surface area contributed by atoms with Crippen molar-refractivity contribution in [2.75, 3.05) is 17.7 Å². The predicted octanol–water partition coefficient (Wildman–Crippen LogP) is 2.81. The van der Waals surface area contributed by atoms with Crippen LogP contribution in [0.1, 0.15) is 29.0 Å². The first kappa shape index (κ1) is 18.4. The van der Waals surface area contributed by atoms with Crippen molar-refractivity contribution in [3.8, 4) is 0 Å². The minimum Gasteiger partial charge on any atom is -0.465 e. The molecule has 1 aromatic carbocycles. The maximum absolute atomic E-state index is 14.3. The second kappa shape index (κ2) is 7.45. The maximum atomic E-state index is 14.3. The van der Waals surface area contributed by atoms with Gasteiger partial charge in [0.05, 0.1) is 23.3 Å². The number of hydrogen-bond acceptors (Lipinski definition) is 5. The van der Waals surface area contributed by atoms with Gasteiger partial charge in [-0.3, -0.25) is 9.59 Å². The summed E-state index contributed by atoms with van der Waals surface area (Å²) in [6, 6.07) is 3.36. The van der Waals surface area contributed by atoms with Crippen LogP contribution in [0.15, 0.2) is 18.2 Å². The topological polar surface area (TPSA) is 73.2 Å². The third-order valence-electron chi connectivity index (χ3n) is 3.90. The van der Waals surface area contributed by atoms with E-state index in [0.29, 0.717) is 17.1 Å². The summed E-state index contributed by atoms with van der Waals surface area (Å²) in [7, 11) is 0. The second-order valence-electron chi connectivity index (χ2n) is 5.72. The highest BCUT2D eigenvalue weighted by Gasteiger charge is 2.32. The number of aryl methyl sites for hydroxylation is 1. The molecule has 0 fully saturated rings. The molecule has 0 aliphatic carbocycles. The van der Waals surface area contributed by atoms with Crippen LogP contribution in [0, 0.1) is 18.6 Å².